The standard InChI is InChI=1S/C31H28N2O6S/c1-18-16-30(2,3)33-27-23(18)14-21(39-28(35)22-8-6-7-9-25(22)38-5)15-24(27)31(29(33)36)32(26(34)17-40-31)19-10-12-20(37-4)13-11-19/h6-16H,17H2,1-5H3. The van der Waals surface area contributed by atoms with E-state index < -0.39 is 16.4 Å². The number of ether oxygens (including phenoxy) is 3. The van der Waals surface area contributed by atoms with Crippen LogP contribution < -0.4 is 24.0 Å². The van der Waals surface area contributed by atoms with E-state index in [9.17, 15) is 14.4 Å². The molecule has 3 aliphatic heterocycles. The summed E-state index contributed by atoms with van der Waals surface area (Å²) < 4.78 is 16.6. The van der Waals surface area contributed by atoms with Crippen LogP contribution in [0.15, 0.2) is 66.7 Å². The van der Waals surface area contributed by atoms with Crippen molar-refractivity contribution < 1.29 is 28.6 Å². The quantitative estimate of drug-likeness (QED) is 0.307. The minimum absolute atomic E-state index is 0.123. The molecule has 8 nitrogen and oxygen atoms in total. The molecule has 0 aliphatic carbocycles. The molecular formula is C31H28N2O6S. The maximum atomic E-state index is 14.5. The lowest BCUT2D eigenvalue weighted by Crippen LogP contribution is -2.54. The topological polar surface area (TPSA) is 85.4 Å². The van der Waals surface area contributed by atoms with Gasteiger partial charge in [-0.05, 0) is 74.9 Å². The Hall–Kier alpha value is -4.24. The van der Waals surface area contributed by atoms with Gasteiger partial charge < -0.3 is 14.2 Å². The minimum Gasteiger partial charge on any atom is -0.497 e. The summed E-state index contributed by atoms with van der Waals surface area (Å²) in [6, 6.07) is 17.4. The molecule has 0 bridgehead atoms. The van der Waals surface area contributed by atoms with Crippen molar-refractivity contribution in [1.29, 1.82) is 0 Å². The Bertz CT molecular complexity index is 1610. The molecule has 3 heterocycles. The largest absolute Gasteiger partial charge is 0.497 e. The number of fused-ring (bicyclic) bond motifs is 1. The van der Waals surface area contributed by atoms with E-state index in [1.165, 1.54) is 18.9 Å². The highest BCUT2D eigenvalue weighted by Crippen LogP contribution is 2.61. The summed E-state index contributed by atoms with van der Waals surface area (Å²) in [5.74, 6) is 0.462. The van der Waals surface area contributed by atoms with Gasteiger partial charge in [0.1, 0.15) is 22.8 Å². The van der Waals surface area contributed by atoms with Crippen molar-refractivity contribution in [3.8, 4) is 17.2 Å². The van der Waals surface area contributed by atoms with E-state index in [-0.39, 0.29) is 28.9 Å². The second-order valence-corrected chi connectivity index (χ2v) is 11.6. The number of esters is 1. The first kappa shape index (κ1) is 26.0. The van der Waals surface area contributed by atoms with Crippen LogP contribution in [-0.4, -0.2) is 43.3 Å². The van der Waals surface area contributed by atoms with Gasteiger partial charge in [-0.25, -0.2) is 4.79 Å². The molecule has 0 radical (unpaired) electrons. The Morgan fingerprint density at radius 3 is 2.35 bits per heavy atom. The second kappa shape index (κ2) is 9.16. The Balaban J connectivity index is 1.54. The first-order valence-corrected chi connectivity index (χ1v) is 13.8. The number of rotatable bonds is 5. The van der Waals surface area contributed by atoms with Gasteiger partial charge in [0, 0.05) is 16.8 Å². The van der Waals surface area contributed by atoms with Crippen LogP contribution in [0.1, 0.15) is 42.3 Å². The summed E-state index contributed by atoms with van der Waals surface area (Å²) in [7, 11) is 3.07. The predicted octanol–water partition coefficient (Wildman–Crippen LogP) is 5.40. The van der Waals surface area contributed by atoms with E-state index in [1.807, 2.05) is 26.8 Å². The molecule has 40 heavy (non-hydrogen) atoms. The molecule has 6 rings (SSSR count). The summed E-state index contributed by atoms with van der Waals surface area (Å²) in [6.45, 7) is 5.94. The molecule has 0 saturated carbocycles. The maximum Gasteiger partial charge on any atom is 0.347 e. The maximum absolute atomic E-state index is 14.5. The normalized spacial score (nSPS) is 20.5. The van der Waals surface area contributed by atoms with Crippen molar-refractivity contribution in [3.05, 3.63) is 83.4 Å². The van der Waals surface area contributed by atoms with Crippen LogP contribution in [0.3, 0.4) is 0 Å². The number of carbonyl (C=O) groups excluding carboxylic acids is 3. The molecule has 3 aliphatic rings. The van der Waals surface area contributed by atoms with Crippen LogP contribution in [0, 0.1) is 0 Å². The number of hydrogen-bond acceptors (Lipinski definition) is 7. The first-order valence-electron chi connectivity index (χ1n) is 12.8. The number of carbonyl (C=O) groups is 3. The van der Waals surface area contributed by atoms with Gasteiger partial charge in [0.15, 0.2) is 0 Å². The minimum atomic E-state index is -1.36. The monoisotopic (exact) mass is 556 g/mol. The van der Waals surface area contributed by atoms with Crippen molar-refractivity contribution in [2.75, 3.05) is 29.8 Å². The third-order valence-electron chi connectivity index (χ3n) is 7.57. The van der Waals surface area contributed by atoms with Crippen LogP contribution >= 0.6 is 11.8 Å². The lowest BCUT2D eigenvalue weighted by atomic mass is 9.89. The van der Waals surface area contributed by atoms with Gasteiger partial charge in [-0.1, -0.05) is 18.2 Å². The number of methoxy groups -OCH3 is 2. The molecule has 3 aromatic carbocycles. The fourth-order valence-corrected chi connectivity index (χ4v) is 7.24. The van der Waals surface area contributed by atoms with Crippen molar-refractivity contribution >= 4 is 46.5 Å². The Kier molecular flexibility index (Phi) is 5.96. The van der Waals surface area contributed by atoms with E-state index in [0.717, 1.165) is 16.8 Å². The molecule has 1 unspecified atom stereocenters. The predicted molar refractivity (Wildman–Crippen MR) is 154 cm³/mol. The van der Waals surface area contributed by atoms with Gasteiger partial charge in [0.2, 0.25) is 10.8 Å². The van der Waals surface area contributed by atoms with E-state index in [0.29, 0.717) is 22.7 Å². The van der Waals surface area contributed by atoms with Gasteiger partial charge in [0.05, 0.1) is 31.2 Å². The van der Waals surface area contributed by atoms with Crippen molar-refractivity contribution in [2.24, 2.45) is 0 Å². The number of allylic oxidation sites excluding steroid dienone is 1. The zero-order valence-corrected chi connectivity index (χ0v) is 23.6. The van der Waals surface area contributed by atoms with Gasteiger partial charge in [-0.2, -0.15) is 0 Å². The molecule has 1 saturated heterocycles. The number of nitrogens with zero attached hydrogens (tertiary/aromatic N) is 2. The van der Waals surface area contributed by atoms with E-state index in [4.69, 9.17) is 14.2 Å². The lowest BCUT2D eigenvalue weighted by molar-refractivity contribution is -0.124. The summed E-state index contributed by atoms with van der Waals surface area (Å²) in [4.78, 5) is 43.3. The van der Waals surface area contributed by atoms with Crippen molar-refractivity contribution in [2.45, 2.75) is 31.2 Å². The fraction of sp³-hybridized carbons (Fsp3) is 0.258. The number of benzene rings is 3. The molecule has 0 N–H and O–H groups in total. The first-order chi connectivity index (χ1) is 19.1. The fourth-order valence-electron chi connectivity index (χ4n) is 5.92. The van der Waals surface area contributed by atoms with Crippen molar-refractivity contribution in [3.63, 3.8) is 0 Å². The highest BCUT2D eigenvalue weighted by Gasteiger charge is 2.64. The van der Waals surface area contributed by atoms with Gasteiger partial charge >= 0.3 is 5.97 Å². The molecule has 3 aromatic rings. The Morgan fingerprint density at radius 2 is 1.65 bits per heavy atom. The van der Waals surface area contributed by atoms with E-state index >= 15 is 0 Å². The number of amides is 2. The van der Waals surface area contributed by atoms with Crippen LogP contribution in [0.25, 0.3) is 5.57 Å². The SMILES string of the molecule is COc1ccc(N2C(=O)CSC23C(=O)N2c4c(cc(OC(=O)c5ccccc5OC)cc43)C(C)=CC2(C)C)cc1. The molecule has 1 spiro atoms. The Labute approximate surface area is 236 Å². The zero-order valence-electron chi connectivity index (χ0n) is 22.8. The van der Waals surface area contributed by atoms with E-state index in [2.05, 4.69) is 0 Å². The third kappa shape index (κ3) is 3.64. The number of hydrogen-bond donors (Lipinski definition) is 0. The molecule has 1 atom stereocenters. The average molecular weight is 557 g/mol. The Morgan fingerprint density at radius 1 is 0.925 bits per heavy atom. The van der Waals surface area contributed by atoms with Gasteiger partial charge in [-0.15, -0.1) is 11.8 Å². The molecule has 1 fully saturated rings. The van der Waals surface area contributed by atoms with Crippen LogP contribution in [-0.2, 0) is 14.5 Å². The number of anilines is 2. The van der Waals surface area contributed by atoms with Crippen molar-refractivity contribution in [1.82, 2.24) is 0 Å². The summed E-state index contributed by atoms with van der Waals surface area (Å²) in [6.07, 6.45) is 2.03. The van der Waals surface area contributed by atoms with Gasteiger partial charge in [-0.3, -0.25) is 19.4 Å². The summed E-state index contributed by atoms with van der Waals surface area (Å²) in [5, 5.41) is 0. The highest BCUT2D eigenvalue weighted by molar-refractivity contribution is 8.02. The molecule has 0 aromatic heterocycles. The molecule has 2 amide bonds. The van der Waals surface area contributed by atoms with E-state index in [1.54, 1.807) is 77.6 Å². The molecular weight excluding hydrogens is 528 g/mol. The zero-order chi connectivity index (χ0) is 28.4. The summed E-state index contributed by atoms with van der Waals surface area (Å²) >= 11 is 1.28. The third-order valence-corrected chi connectivity index (χ3v) is 8.96. The van der Waals surface area contributed by atoms with Crippen LogP contribution in [0.2, 0.25) is 0 Å². The van der Waals surface area contributed by atoms with Crippen LogP contribution in [0.4, 0.5) is 11.4 Å². The number of para-hydroxylation sites is 1. The smallest absolute Gasteiger partial charge is 0.347 e. The van der Waals surface area contributed by atoms with Crippen LogP contribution in [0.5, 0.6) is 17.2 Å². The van der Waals surface area contributed by atoms with Gasteiger partial charge in [0.25, 0.3) is 5.91 Å². The highest BCUT2D eigenvalue weighted by atomic mass is 32.2. The molecule has 9 heteroatoms. The summed E-state index contributed by atoms with van der Waals surface area (Å²) in [5.41, 5.74) is 3.29. The number of thioether (sulfide) groups is 1. The second-order valence-electron chi connectivity index (χ2n) is 10.4. The lowest BCUT2D eigenvalue weighted by Gasteiger charge is -2.40. The molecule has 204 valence electrons. The average Bonchev–Trinajstić information content (AvgIpc) is 3.42.